The Morgan fingerprint density at radius 1 is 1.19 bits per heavy atom. The van der Waals surface area contributed by atoms with Crippen LogP contribution in [0.4, 0.5) is 11.4 Å². The van der Waals surface area contributed by atoms with E-state index >= 15 is 0 Å². The maximum absolute atomic E-state index is 12.2. The highest BCUT2D eigenvalue weighted by Gasteiger charge is 2.15. The zero-order valence-corrected chi connectivity index (χ0v) is 14.9. The number of nitrogens with zero attached hydrogens (tertiary/aromatic N) is 1. The van der Waals surface area contributed by atoms with Gasteiger partial charge in [-0.3, -0.25) is 20.2 Å². The first kappa shape index (κ1) is 19.3. The number of hydrogen-bond donors (Lipinski definition) is 3. The predicted molar refractivity (Wildman–Crippen MR) is 99.9 cm³/mol. The molecule has 0 atom stereocenters. The summed E-state index contributed by atoms with van der Waals surface area (Å²) in [6, 6.07) is 7.90. The third-order valence-electron chi connectivity index (χ3n) is 3.34. The van der Waals surface area contributed by atoms with Crippen molar-refractivity contribution in [1.82, 2.24) is 5.32 Å². The molecule has 3 N–H and O–H groups in total. The van der Waals surface area contributed by atoms with E-state index in [1.165, 1.54) is 43.3 Å². The maximum atomic E-state index is 12.2. The molecule has 26 heavy (non-hydrogen) atoms. The Bertz CT molecular complexity index is 932. The molecule has 2 rings (SSSR count). The van der Waals surface area contributed by atoms with Gasteiger partial charge in [-0.2, -0.15) is 0 Å². The molecule has 2 aromatic rings. The average molecular weight is 394 g/mol. The van der Waals surface area contributed by atoms with Gasteiger partial charge in [-0.1, -0.05) is 11.6 Å². The van der Waals surface area contributed by atoms with Crippen molar-refractivity contribution in [3.63, 3.8) is 0 Å². The Morgan fingerprint density at radius 2 is 1.85 bits per heavy atom. The second-order valence-electron chi connectivity index (χ2n) is 5.17. The normalized spacial score (nSPS) is 10.1. The van der Waals surface area contributed by atoms with Crippen LogP contribution < -0.4 is 10.6 Å². The lowest BCUT2D eigenvalue weighted by atomic mass is 10.1. The van der Waals surface area contributed by atoms with Crippen LogP contribution in [0.3, 0.4) is 0 Å². The number of nitrogens with one attached hydrogen (secondary N) is 2. The second-order valence-corrected chi connectivity index (χ2v) is 5.98. The molecule has 2 aromatic carbocycles. The summed E-state index contributed by atoms with van der Waals surface area (Å²) in [5.41, 5.74) is 0.634. The number of carbonyl (C=O) groups is 2. The molecular weight excluding hydrogens is 382 g/mol. The van der Waals surface area contributed by atoms with Gasteiger partial charge in [-0.15, -0.1) is 0 Å². The van der Waals surface area contributed by atoms with Crippen LogP contribution >= 0.6 is 23.8 Å². The van der Waals surface area contributed by atoms with E-state index in [0.29, 0.717) is 5.56 Å². The topological polar surface area (TPSA) is 122 Å². The molecule has 10 heteroatoms. The summed E-state index contributed by atoms with van der Waals surface area (Å²) in [4.78, 5) is 33.5. The van der Waals surface area contributed by atoms with Gasteiger partial charge < -0.3 is 10.4 Å². The van der Waals surface area contributed by atoms with Crippen LogP contribution in [0.1, 0.15) is 26.3 Å². The first-order valence-corrected chi connectivity index (χ1v) is 7.88. The van der Waals surface area contributed by atoms with E-state index in [2.05, 4.69) is 10.6 Å². The molecule has 0 heterocycles. The molecule has 0 aliphatic carbocycles. The first-order valence-electron chi connectivity index (χ1n) is 7.09. The molecule has 0 spiro atoms. The second kappa shape index (κ2) is 7.89. The molecule has 1 amide bonds. The van der Waals surface area contributed by atoms with Crippen molar-refractivity contribution in [2.24, 2.45) is 0 Å². The Balaban J connectivity index is 2.12. The van der Waals surface area contributed by atoms with Crippen molar-refractivity contribution >= 4 is 52.2 Å². The van der Waals surface area contributed by atoms with Gasteiger partial charge in [-0.25, -0.2) is 4.79 Å². The number of carboxylic acid groups (broad SMARTS) is 1. The third-order valence-corrected chi connectivity index (χ3v) is 3.88. The molecule has 0 fully saturated rings. The lowest BCUT2D eigenvalue weighted by Crippen LogP contribution is -2.34. The molecule has 0 unspecified atom stereocenters. The van der Waals surface area contributed by atoms with Crippen LogP contribution in [-0.2, 0) is 0 Å². The zero-order chi connectivity index (χ0) is 19.4. The Labute approximate surface area is 157 Å². The van der Waals surface area contributed by atoms with Crippen LogP contribution in [0.25, 0.3) is 0 Å². The summed E-state index contributed by atoms with van der Waals surface area (Å²) >= 11 is 11.0. The lowest BCUT2D eigenvalue weighted by molar-refractivity contribution is -0.385. The number of carbonyl (C=O) groups excluding carboxylic acids is 1. The molecule has 0 saturated heterocycles. The highest BCUT2D eigenvalue weighted by Crippen LogP contribution is 2.23. The van der Waals surface area contributed by atoms with E-state index in [1.807, 2.05) is 0 Å². The van der Waals surface area contributed by atoms with Crippen molar-refractivity contribution < 1.29 is 19.6 Å². The standard InChI is InChI=1S/C16H12ClN3O5S/c1-8-6-9(3-5-13(8)20(24)25)14(21)19-16(26)18-12-7-10(15(22)23)2-4-11(12)17/h2-7H,1H3,(H,22,23)(H2,18,19,21,26). The van der Waals surface area contributed by atoms with E-state index in [0.717, 1.165) is 0 Å². The van der Waals surface area contributed by atoms with Crippen molar-refractivity contribution in [3.05, 3.63) is 68.2 Å². The minimum Gasteiger partial charge on any atom is -0.478 e. The molecule has 0 bridgehead atoms. The predicted octanol–water partition coefficient (Wildman–Crippen LogP) is 3.38. The van der Waals surface area contributed by atoms with Gasteiger partial charge in [0.25, 0.3) is 11.6 Å². The van der Waals surface area contributed by atoms with Crippen LogP contribution in [0.5, 0.6) is 0 Å². The Hall–Kier alpha value is -3.04. The van der Waals surface area contributed by atoms with Gasteiger partial charge in [0.05, 0.1) is 21.2 Å². The number of thiocarbonyl (C=S) groups is 1. The zero-order valence-electron chi connectivity index (χ0n) is 13.3. The molecule has 0 aliphatic heterocycles. The lowest BCUT2D eigenvalue weighted by Gasteiger charge is -2.12. The number of aryl methyl sites for hydroxylation is 1. The number of aromatic carboxylic acids is 1. The van der Waals surface area contributed by atoms with Crippen LogP contribution in [-0.4, -0.2) is 27.0 Å². The molecule has 134 valence electrons. The number of halogens is 1. The quantitative estimate of drug-likeness (QED) is 0.413. The largest absolute Gasteiger partial charge is 0.478 e. The van der Waals surface area contributed by atoms with Crippen molar-refractivity contribution in [2.75, 3.05) is 5.32 Å². The number of rotatable bonds is 4. The summed E-state index contributed by atoms with van der Waals surface area (Å²) in [7, 11) is 0. The van der Waals surface area contributed by atoms with Crippen LogP contribution in [0, 0.1) is 17.0 Å². The number of anilines is 1. The summed E-state index contributed by atoms with van der Waals surface area (Å²) in [5, 5.41) is 25.0. The summed E-state index contributed by atoms with van der Waals surface area (Å²) in [6.45, 7) is 1.52. The summed E-state index contributed by atoms with van der Waals surface area (Å²) in [6.07, 6.45) is 0. The number of nitro benzene ring substituents is 1. The van der Waals surface area contributed by atoms with E-state index in [1.54, 1.807) is 0 Å². The van der Waals surface area contributed by atoms with E-state index in [9.17, 15) is 19.7 Å². The third kappa shape index (κ3) is 4.52. The maximum Gasteiger partial charge on any atom is 0.335 e. The monoisotopic (exact) mass is 393 g/mol. The van der Waals surface area contributed by atoms with Gasteiger partial charge in [0.1, 0.15) is 0 Å². The van der Waals surface area contributed by atoms with Gasteiger partial charge in [0.2, 0.25) is 0 Å². The molecule has 0 aromatic heterocycles. The van der Waals surface area contributed by atoms with Crippen molar-refractivity contribution in [2.45, 2.75) is 6.92 Å². The highest BCUT2D eigenvalue weighted by atomic mass is 35.5. The van der Waals surface area contributed by atoms with Crippen LogP contribution in [0.15, 0.2) is 36.4 Å². The minimum atomic E-state index is -1.14. The minimum absolute atomic E-state index is 0.00276. The first-order chi connectivity index (χ1) is 12.2. The van der Waals surface area contributed by atoms with Crippen molar-refractivity contribution in [3.8, 4) is 0 Å². The number of benzene rings is 2. The molecule has 0 radical (unpaired) electrons. The number of hydrogen-bond acceptors (Lipinski definition) is 5. The van der Waals surface area contributed by atoms with Gasteiger partial charge in [-0.05, 0) is 49.5 Å². The van der Waals surface area contributed by atoms with Crippen molar-refractivity contribution in [1.29, 1.82) is 0 Å². The SMILES string of the molecule is Cc1cc(C(=O)NC(=S)Nc2cc(C(=O)O)ccc2Cl)ccc1[N+](=O)[O-]. The fraction of sp³-hybridized carbons (Fsp3) is 0.0625. The fourth-order valence-corrected chi connectivity index (χ4v) is 2.45. The molecule has 0 saturated carbocycles. The van der Waals surface area contributed by atoms with E-state index in [-0.39, 0.29) is 32.6 Å². The summed E-state index contributed by atoms with van der Waals surface area (Å²) in [5.74, 6) is -1.72. The van der Waals surface area contributed by atoms with Gasteiger partial charge >= 0.3 is 5.97 Å². The molecule has 8 nitrogen and oxygen atoms in total. The number of amides is 1. The Morgan fingerprint density at radius 3 is 2.42 bits per heavy atom. The highest BCUT2D eigenvalue weighted by molar-refractivity contribution is 7.80. The molecular formula is C16H12ClN3O5S. The number of carboxylic acids is 1. The van der Waals surface area contributed by atoms with Gasteiger partial charge in [0, 0.05) is 17.2 Å². The van der Waals surface area contributed by atoms with E-state index < -0.39 is 16.8 Å². The smallest absolute Gasteiger partial charge is 0.335 e. The Kier molecular flexibility index (Phi) is 5.86. The fourth-order valence-electron chi connectivity index (χ4n) is 2.08. The van der Waals surface area contributed by atoms with Gasteiger partial charge in [0.15, 0.2) is 5.11 Å². The summed E-state index contributed by atoms with van der Waals surface area (Å²) < 4.78 is 0. The van der Waals surface area contributed by atoms with Crippen LogP contribution in [0.2, 0.25) is 5.02 Å². The average Bonchev–Trinajstić information content (AvgIpc) is 2.56. The van der Waals surface area contributed by atoms with E-state index in [4.69, 9.17) is 28.9 Å². The number of nitro groups is 1. The molecule has 0 aliphatic rings.